The monoisotopic (exact) mass is 415 g/mol. The lowest BCUT2D eigenvalue weighted by molar-refractivity contribution is -0.384. The highest BCUT2D eigenvalue weighted by atomic mass is 35.5. The van der Waals surface area contributed by atoms with Gasteiger partial charge in [0.25, 0.3) is 11.6 Å². The van der Waals surface area contributed by atoms with Crippen LogP contribution in [0.4, 0.5) is 20.2 Å². The maximum atomic E-state index is 13.4. The molecule has 0 N–H and O–H groups in total. The Hall–Kier alpha value is -2.45. The Bertz CT molecular complexity index is 919. The zero-order valence-corrected chi connectivity index (χ0v) is 15.3. The standard InChI is InChI=1S/C17H13Cl2F2N3O3/c18-11-2-1-3-15(24(26)27)16(11)22-4-6-23(7-5-22)17(25)10-8-13(20)14(21)9-12(10)19/h1-3,8-9H,4-7H2. The first-order chi connectivity index (χ1) is 12.8. The Balaban J connectivity index is 1.78. The highest BCUT2D eigenvalue weighted by Gasteiger charge is 2.29. The van der Waals surface area contributed by atoms with E-state index in [1.165, 1.54) is 17.0 Å². The van der Waals surface area contributed by atoms with Crippen LogP contribution in [0.25, 0.3) is 0 Å². The number of nitro groups is 1. The van der Waals surface area contributed by atoms with Crippen molar-refractivity contribution in [2.45, 2.75) is 0 Å². The molecule has 10 heteroatoms. The molecule has 0 radical (unpaired) electrons. The van der Waals surface area contributed by atoms with E-state index in [4.69, 9.17) is 23.2 Å². The molecule has 1 aliphatic heterocycles. The van der Waals surface area contributed by atoms with Crippen molar-refractivity contribution in [3.8, 4) is 0 Å². The van der Waals surface area contributed by atoms with Gasteiger partial charge in [-0.2, -0.15) is 0 Å². The summed E-state index contributed by atoms with van der Waals surface area (Å²) in [7, 11) is 0. The van der Waals surface area contributed by atoms with E-state index in [1.54, 1.807) is 11.0 Å². The Kier molecular flexibility index (Phi) is 5.48. The summed E-state index contributed by atoms with van der Waals surface area (Å²) in [6.45, 7) is 1.02. The molecule has 6 nitrogen and oxygen atoms in total. The summed E-state index contributed by atoms with van der Waals surface area (Å²) in [6.07, 6.45) is 0. The number of para-hydroxylation sites is 1. The molecule has 1 amide bonds. The number of anilines is 1. The molecule has 1 heterocycles. The molecule has 1 aliphatic rings. The van der Waals surface area contributed by atoms with E-state index in [0.29, 0.717) is 5.69 Å². The lowest BCUT2D eigenvalue weighted by Gasteiger charge is -2.36. The summed E-state index contributed by atoms with van der Waals surface area (Å²) in [5.41, 5.74) is 0.0424. The van der Waals surface area contributed by atoms with E-state index in [-0.39, 0.29) is 47.5 Å². The Morgan fingerprint density at radius 2 is 1.67 bits per heavy atom. The lowest BCUT2D eigenvalue weighted by Crippen LogP contribution is -2.49. The highest BCUT2D eigenvalue weighted by molar-refractivity contribution is 6.34. The van der Waals surface area contributed by atoms with Crippen molar-refractivity contribution in [3.05, 3.63) is 67.7 Å². The maximum Gasteiger partial charge on any atom is 0.294 e. The highest BCUT2D eigenvalue weighted by Crippen LogP contribution is 2.36. The quantitative estimate of drug-likeness (QED) is 0.429. The van der Waals surface area contributed by atoms with Crippen LogP contribution in [0.15, 0.2) is 30.3 Å². The van der Waals surface area contributed by atoms with Crippen LogP contribution >= 0.6 is 23.2 Å². The van der Waals surface area contributed by atoms with Crippen LogP contribution < -0.4 is 4.90 Å². The molecule has 0 bridgehead atoms. The largest absolute Gasteiger partial charge is 0.361 e. The third kappa shape index (κ3) is 3.81. The first-order valence-corrected chi connectivity index (χ1v) is 8.67. The van der Waals surface area contributed by atoms with Crippen molar-refractivity contribution in [3.63, 3.8) is 0 Å². The van der Waals surface area contributed by atoms with Crippen molar-refractivity contribution in [1.82, 2.24) is 4.90 Å². The van der Waals surface area contributed by atoms with Gasteiger partial charge in [-0.25, -0.2) is 8.78 Å². The average Bonchev–Trinajstić information content (AvgIpc) is 2.64. The minimum absolute atomic E-state index is 0.120. The number of rotatable bonds is 3. The second-order valence-corrected chi connectivity index (χ2v) is 6.70. The minimum atomic E-state index is -1.16. The zero-order chi connectivity index (χ0) is 19.7. The van der Waals surface area contributed by atoms with Crippen LogP contribution in [0.3, 0.4) is 0 Å². The van der Waals surface area contributed by atoms with Crippen molar-refractivity contribution in [2.24, 2.45) is 0 Å². The third-order valence-corrected chi connectivity index (χ3v) is 4.90. The number of hydrogen-bond donors (Lipinski definition) is 0. The van der Waals surface area contributed by atoms with Gasteiger partial charge in [-0.05, 0) is 18.2 Å². The van der Waals surface area contributed by atoms with Gasteiger partial charge in [0.2, 0.25) is 0 Å². The summed E-state index contributed by atoms with van der Waals surface area (Å²) >= 11 is 12.0. The van der Waals surface area contributed by atoms with Gasteiger partial charge in [0.15, 0.2) is 11.6 Å². The number of carbonyl (C=O) groups excluding carboxylic acids is 1. The topological polar surface area (TPSA) is 66.7 Å². The number of nitro benzene ring substituents is 1. The Labute approximate surface area is 163 Å². The van der Waals surface area contributed by atoms with Crippen LogP contribution in [0, 0.1) is 21.7 Å². The molecule has 27 heavy (non-hydrogen) atoms. The fourth-order valence-electron chi connectivity index (χ4n) is 2.95. The average molecular weight is 416 g/mol. The maximum absolute atomic E-state index is 13.4. The smallest absolute Gasteiger partial charge is 0.294 e. The molecule has 142 valence electrons. The SMILES string of the molecule is O=C(c1cc(F)c(F)cc1Cl)N1CCN(c2c(Cl)cccc2[N+](=O)[O-])CC1. The van der Waals surface area contributed by atoms with E-state index >= 15 is 0 Å². The molecular weight excluding hydrogens is 403 g/mol. The number of carbonyl (C=O) groups is 1. The molecule has 0 aromatic heterocycles. The van der Waals surface area contributed by atoms with Gasteiger partial charge in [-0.1, -0.05) is 29.3 Å². The fraction of sp³-hybridized carbons (Fsp3) is 0.235. The summed E-state index contributed by atoms with van der Waals surface area (Å²) < 4.78 is 26.6. The molecular formula is C17H13Cl2F2N3O3. The van der Waals surface area contributed by atoms with Crippen LogP contribution in [0.2, 0.25) is 10.0 Å². The molecule has 0 unspecified atom stereocenters. The normalized spacial score (nSPS) is 14.4. The second kappa shape index (κ2) is 7.66. The molecule has 2 aromatic carbocycles. The van der Waals surface area contributed by atoms with E-state index in [2.05, 4.69) is 0 Å². The third-order valence-electron chi connectivity index (χ3n) is 4.29. The van der Waals surface area contributed by atoms with Gasteiger partial charge in [0.1, 0.15) is 5.69 Å². The van der Waals surface area contributed by atoms with Gasteiger partial charge in [-0.3, -0.25) is 14.9 Å². The number of nitrogens with zero attached hydrogens (tertiary/aromatic N) is 3. The van der Waals surface area contributed by atoms with Gasteiger partial charge >= 0.3 is 0 Å². The fourth-order valence-corrected chi connectivity index (χ4v) is 3.47. The van der Waals surface area contributed by atoms with Gasteiger partial charge in [0.05, 0.1) is 20.5 Å². The van der Waals surface area contributed by atoms with Crippen molar-refractivity contribution >= 4 is 40.5 Å². The predicted octanol–water partition coefficient (Wildman–Crippen LogP) is 4.14. The first-order valence-electron chi connectivity index (χ1n) is 7.91. The van der Waals surface area contributed by atoms with E-state index in [1.807, 2.05) is 0 Å². The summed E-state index contributed by atoms with van der Waals surface area (Å²) in [4.78, 5) is 26.4. The zero-order valence-electron chi connectivity index (χ0n) is 13.8. The molecule has 3 rings (SSSR count). The van der Waals surface area contributed by atoms with Gasteiger partial charge < -0.3 is 9.80 Å². The number of benzene rings is 2. The van der Waals surface area contributed by atoms with Crippen molar-refractivity contribution in [1.29, 1.82) is 0 Å². The summed E-state index contributed by atoms with van der Waals surface area (Å²) in [6, 6.07) is 5.94. The molecule has 1 saturated heterocycles. The molecule has 0 aliphatic carbocycles. The van der Waals surface area contributed by atoms with Crippen LogP contribution in [0.5, 0.6) is 0 Å². The van der Waals surface area contributed by atoms with E-state index < -0.39 is 22.5 Å². The Morgan fingerprint density at radius 3 is 2.30 bits per heavy atom. The van der Waals surface area contributed by atoms with E-state index in [9.17, 15) is 23.7 Å². The number of halogens is 4. The molecule has 0 spiro atoms. The first kappa shape index (κ1) is 19.3. The molecule has 0 saturated carbocycles. The summed E-state index contributed by atoms with van der Waals surface area (Å²) in [5.74, 6) is -2.83. The molecule has 1 fully saturated rings. The van der Waals surface area contributed by atoms with Crippen molar-refractivity contribution < 1.29 is 18.5 Å². The van der Waals surface area contributed by atoms with Crippen LogP contribution in [-0.4, -0.2) is 41.9 Å². The van der Waals surface area contributed by atoms with Gasteiger partial charge in [-0.15, -0.1) is 0 Å². The number of piperazine rings is 1. The van der Waals surface area contributed by atoms with E-state index in [0.717, 1.165) is 12.1 Å². The minimum Gasteiger partial charge on any atom is -0.361 e. The molecule has 0 atom stereocenters. The lowest BCUT2D eigenvalue weighted by atomic mass is 10.1. The molecule has 2 aromatic rings. The number of amides is 1. The second-order valence-electron chi connectivity index (χ2n) is 5.89. The van der Waals surface area contributed by atoms with Gasteiger partial charge in [0, 0.05) is 32.2 Å². The predicted molar refractivity (Wildman–Crippen MR) is 97.6 cm³/mol. The summed E-state index contributed by atoms with van der Waals surface area (Å²) in [5, 5.41) is 11.3. The van der Waals surface area contributed by atoms with Crippen LogP contribution in [0.1, 0.15) is 10.4 Å². The van der Waals surface area contributed by atoms with Crippen molar-refractivity contribution in [2.75, 3.05) is 31.1 Å². The van der Waals surface area contributed by atoms with Crippen LogP contribution in [-0.2, 0) is 0 Å². The Morgan fingerprint density at radius 1 is 1.04 bits per heavy atom. The number of hydrogen-bond acceptors (Lipinski definition) is 4.